The van der Waals surface area contributed by atoms with E-state index >= 15 is 0 Å². The number of nitriles is 1. The molecule has 0 unspecified atom stereocenters. The maximum absolute atomic E-state index is 8.67. The molecular formula is C10H10N2. The quantitative estimate of drug-likeness (QED) is 0.572. The summed E-state index contributed by atoms with van der Waals surface area (Å²) < 4.78 is 0. The van der Waals surface area contributed by atoms with Gasteiger partial charge in [-0.05, 0) is 30.3 Å². The van der Waals surface area contributed by atoms with E-state index in [1.807, 2.05) is 12.1 Å². The Morgan fingerprint density at radius 1 is 1.33 bits per heavy atom. The molecule has 0 amide bonds. The van der Waals surface area contributed by atoms with Crippen molar-refractivity contribution in [2.75, 3.05) is 7.05 Å². The van der Waals surface area contributed by atoms with Gasteiger partial charge < -0.3 is 0 Å². The molecule has 0 aliphatic carbocycles. The predicted molar refractivity (Wildman–Crippen MR) is 46.3 cm³/mol. The molecular weight excluding hydrogens is 148 g/mol. The lowest BCUT2D eigenvalue weighted by atomic mass is 10.1. The summed E-state index contributed by atoms with van der Waals surface area (Å²) in [5.41, 5.74) is 3.43. The molecule has 12 heavy (non-hydrogen) atoms. The minimum absolute atomic E-state index is 0.768. The van der Waals surface area contributed by atoms with E-state index in [0.717, 1.165) is 18.7 Å². The van der Waals surface area contributed by atoms with Crippen LogP contribution in [0.25, 0.3) is 0 Å². The van der Waals surface area contributed by atoms with Crippen molar-refractivity contribution in [2.45, 2.75) is 13.1 Å². The molecule has 0 fully saturated rings. The minimum atomic E-state index is 0.768. The Labute approximate surface area is 72.0 Å². The average molecular weight is 158 g/mol. The van der Waals surface area contributed by atoms with E-state index in [1.54, 1.807) is 0 Å². The molecule has 1 heterocycles. The number of rotatable bonds is 0. The second-order valence-corrected chi connectivity index (χ2v) is 3.27. The largest absolute Gasteiger partial charge is 0.298 e. The molecule has 0 spiro atoms. The van der Waals surface area contributed by atoms with Crippen LogP contribution in [-0.2, 0) is 13.1 Å². The van der Waals surface area contributed by atoms with Gasteiger partial charge in [-0.1, -0.05) is 6.07 Å². The summed E-state index contributed by atoms with van der Waals surface area (Å²) in [6.45, 7) is 1.99. The van der Waals surface area contributed by atoms with E-state index in [2.05, 4.69) is 24.1 Å². The van der Waals surface area contributed by atoms with E-state index in [-0.39, 0.29) is 0 Å². The normalized spacial score (nSPS) is 15.7. The lowest BCUT2D eigenvalue weighted by Crippen LogP contribution is -2.07. The molecule has 2 rings (SSSR count). The van der Waals surface area contributed by atoms with Gasteiger partial charge in [0.2, 0.25) is 0 Å². The molecule has 1 aromatic rings. The van der Waals surface area contributed by atoms with Crippen LogP contribution in [0, 0.1) is 11.3 Å². The molecule has 0 N–H and O–H groups in total. The highest BCUT2D eigenvalue weighted by Crippen LogP contribution is 2.21. The highest BCUT2D eigenvalue weighted by atomic mass is 15.1. The molecule has 0 aromatic heterocycles. The third-order valence-corrected chi connectivity index (χ3v) is 2.22. The zero-order valence-electron chi connectivity index (χ0n) is 7.04. The number of benzene rings is 1. The van der Waals surface area contributed by atoms with Crippen LogP contribution in [0.1, 0.15) is 16.7 Å². The molecule has 0 bridgehead atoms. The maximum Gasteiger partial charge on any atom is 0.0991 e. The van der Waals surface area contributed by atoms with Crippen molar-refractivity contribution >= 4 is 0 Å². The van der Waals surface area contributed by atoms with Crippen molar-refractivity contribution in [3.8, 4) is 6.07 Å². The Bertz CT molecular complexity index is 349. The summed E-state index contributed by atoms with van der Waals surface area (Å²) >= 11 is 0. The summed E-state index contributed by atoms with van der Waals surface area (Å²) in [5, 5.41) is 8.67. The number of fused-ring (bicyclic) bond motifs is 1. The predicted octanol–water partition coefficient (Wildman–Crippen LogP) is 1.50. The lowest BCUT2D eigenvalue weighted by Gasteiger charge is -2.02. The minimum Gasteiger partial charge on any atom is -0.298 e. The fourth-order valence-corrected chi connectivity index (χ4v) is 1.63. The Morgan fingerprint density at radius 3 is 2.83 bits per heavy atom. The molecule has 2 nitrogen and oxygen atoms in total. The van der Waals surface area contributed by atoms with Gasteiger partial charge in [-0.2, -0.15) is 5.26 Å². The van der Waals surface area contributed by atoms with Gasteiger partial charge in [0.25, 0.3) is 0 Å². The van der Waals surface area contributed by atoms with Crippen LogP contribution in [0.2, 0.25) is 0 Å². The van der Waals surface area contributed by atoms with Gasteiger partial charge in [0.1, 0.15) is 0 Å². The van der Waals surface area contributed by atoms with Gasteiger partial charge in [0.05, 0.1) is 11.6 Å². The second-order valence-electron chi connectivity index (χ2n) is 3.27. The summed E-state index contributed by atoms with van der Waals surface area (Å²) in [6.07, 6.45) is 0. The smallest absolute Gasteiger partial charge is 0.0991 e. The Balaban J connectivity index is 2.44. The van der Waals surface area contributed by atoms with Crippen LogP contribution in [0.4, 0.5) is 0 Å². The Kier molecular flexibility index (Phi) is 1.60. The SMILES string of the molecule is CN1Cc2ccc(C#N)cc2C1. The molecule has 2 heteroatoms. The molecule has 0 saturated carbocycles. The fraction of sp³-hybridized carbons (Fsp3) is 0.300. The highest BCUT2D eigenvalue weighted by molar-refractivity contribution is 5.39. The highest BCUT2D eigenvalue weighted by Gasteiger charge is 2.14. The topological polar surface area (TPSA) is 27.0 Å². The molecule has 0 radical (unpaired) electrons. The number of hydrogen-bond donors (Lipinski definition) is 0. The summed E-state index contributed by atoms with van der Waals surface area (Å²) in [7, 11) is 2.09. The molecule has 1 aliphatic heterocycles. The Morgan fingerprint density at radius 2 is 2.08 bits per heavy atom. The first kappa shape index (κ1) is 7.33. The van der Waals surface area contributed by atoms with Crippen molar-refractivity contribution in [1.82, 2.24) is 4.90 Å². The van der Waals surface area contributed by atoms with Crippen LogP contribution < -0.4 is 0 Å². The fourth-order valence-electron chi connectivity index (χ4n) is 1.63. The standard InChI is InChI=1S/C10H10N2/c1-12-6-9-3-2-8(5-11)4-10(9)7-12/h2-4H,6-7H2,1H3. The van der Waals surface area contributed by atoms with Crippen molar-refractivity contribution < 1.29 is 0 Å². The van der Waals surface area contributed by atoms with Crippen molar-refractivity contribution in [1.29, 1.82) is 5.26 Å². The van der Waals surface area contributed by atoms with E-state index < -0.39 is 0 Å². The van der Waals surface area contributed by atoms with E-state index in [4.69, 9.17) is 5.26 Å². The van der Waals surface area contributed by atoms with Crippen molar-refractivity contribution in [3.63, 3.8) is 0 Å². The molecule has 1 aromatic carbocycles. The number of hydrogen-bond acceptors (Lipinski definition) is 2. The van der Waals surface area contributed by atoms with E-state index in [0.29, 0.717) is 0 Å². The van der Waals surface area contributed by atoms with Crippen LogP contribution in [-0.4, -0.2) is 11.9 Å². The summed E-state index contributed by atoms with van der Waals surface area (Å²) in [6, 6.07) is 8.08. The van der Waals surface area contributed by atoms with Gasteiger partial charge in [-0.3, -0.25) is 4.90 Å². The lowest BCUT2D eigenvalue weighted by molar-refractivity contribution is 0.353. The van der Waals surface area contributed by atoms with Crippen LogP contribution >= 0.6 is 0 Å². The third kappa shape index (κ3) is 1.09. The third-order valence-electron chi connectivity index (χ3n) is 2.22. The second kappa shape index (κ2) is 2.62. The van der Waals surface area contributed by atoms with Crippen molar-refractivity contribution in [3.05, 3.63) is 34.9 Å². The molecule has 0 saturated heterocycles. The summed E-state index contributed by atoms with van der Waals surface area (Å²) in [5.74, 6) is 0. The maximum atomic E-state index is 8.67. The van der Waals surface area contributed by atoms with Crippen LogP contribution in [0.15, 0.2) is 18.2 Å². The van der Waals surface area contributed by atoms with Gasteiger partial charge >= 0.3 is 0 Å². The molecule has 1 aliphatic rings. The van der Waals surface area contributed by atoms with E-state index in [9.17, 15) is 0 Å². The first-order valence-corrected chi connectivity index (χ1v) is 4.00. The zero-order valence-corrected chi connectivity index (χ0v) is 7.04. The van der Waals surface area contributed by atoms with Crippen LogP contribution in [0.5, 0.6) is 0 Å². The Hall–Kier alpha value is -1.33. The van der Waals surface area contributed by atoms with Gasteiger partial charge in [-0.25, -0.2) is 0 Å². The van der Waals surface area contributed by atoms with Gasteiger partial charge in [-0.15, -0.1) is 0 Å². The number of nitrogens with zero attached hydrogens (tertiary/aromatic N) is 2. The van der Waals surface area contributed by atoms with Crippen LogP contribution in [0.3, 0.4) is 0 Å². The van der Waals surface area contributed by atoms with Gasteiger partial charge in [0.15, 0.2) is 0 Å². The summed E-state index contributed by atoms with van der Waals surface area (Å²) in [4.78, 5) is 2.24. The first-order chi connectivity index (χ1) is 5.79. The van der Waals surface area contributed by atoms with Crippen molar-refractivity contribution in [2.24, 2.45) is 0 Å². The monoisotopic (exact) mass is 158 g/mol. The van der Waals surface area contributed by atoms with E-state index in [1.165, 1.54) is 11.1 Å². The average Bonchev–Trinajstić information content (AvgIpc) is 2.43. The first-order valence-electron chi connectivity index (χ1n) is 4.00. The molecule has 60 valence electrons. The molecule has 0 atom stereocenters. The zero-order chi connectivity index (χ0) is 8.55. The van der Waals surface area contributed by atoms with Gasteiger partial charge in [0, 0.05) is 13.1 Å².